The number of carbonyl (C=O) groups is 2. The molecule has 2 aliphatic heterocycles. The van der Waals surface area contributed by atoms with Crippen LogP contribution in [-0.2, 0) is 27.4 Å². The van der Waals surface area contributed by atoms with E-state index < -0.39 is 5.97 Å². The number of aliphatic carboxylic acids is 1. The third kappa shape index (κ3) is 11.1. The van der Waals surface area contributed by atoms with Crippen molar-refractivity contribution in [1.82, 2.24) is 19.8 Å². The molecule has 4 heterocycles. The number of hydrogen-bond acceptors (Lipinski definition) is 9. The van der Waals surface area contributed by atoms with Gasteiger partial charge in [0.1, 0.15) is 11.5 Å². The zero-order chi connectivity index (χ0) is 41.7. The Bertz CT molecular complexity index is 2090. The number of nitrogens with zero attached hydrogens (tertiary/aromatic N) is 4. The summed E-state index contributed by atoms with van der Waals surface area (Å²) in [4.78, 5) is 38.9. The van der Waals surface area contributed by atoms with Crippen molar-refractivity contribution in [3.63, 3.8) is 0 Å². The van der Waals surface area contributed by atoms with Crippen molar-refractivity contribution in [2.45, 2.75) is 136 Å². The number of esters is 1. The molecule has 0 spiro atoms. The van der Waals surface area contributed by atoms with E-state index in [-0.39, 0.29) is 29.3 Å². The summed E-state index contributed by atoms with van der Waals surface area (Å²) >= 11 is 0. The first kappa shape index (κ1) is 42.4. The second-order valence-electron chi connectivity index (χ2n) is 19.6. The van der Waals surface area contributed by atoms with Crippen LogP contribution in [0.3, 0.4) is 0 Å². The maximum Gasteiger partial charge on any atom is 0.309 e. The topological polar surface area (TPSA) is 114 Å². The van der Waals surface area contributed by atoms with Gasteiger partial charge in [0.05, 0.1) is 53.1 Å². The highest BCUT2D eigenvalue weighted by molar-refractivity contribution is 5.81. The van der Waals surface area contributed by atoms with Crippen molar-refractivity contribution < 1.29 is 28.9 Å². The third-order valence-corrected chi connectivity index (χ3v) is 14.3. The van der Waals surface area contributed by atoms with Crippen molar-refractivity contribution in [3.05, 3.63) is 72.1 Å². The molecule has 4 fully saturated rings. The average molecular weight is 819 g/mol. The van der Waals surface area contributed by atoms with E-state index >= 15 is 0 Å². The summed E-state index contributed by atoms with van der Waals surface area (Å²) in [7, 11) is 0. The number of fused-ring (bicyclic) bond motifs is 2. The van der Waals surface area contributed by atoms with Gasteiger partial charge in [0.25, 0.3) is 0 Å². The third-order valence-electron chi connectivity index (χ3n) is 14.3. The van der Waals surface area contributed by atoms with Crippen LogP contribution in [-0.4, -0.2) is 81.8 Å². The minimum absolute atomic E-state index is 0.0227. The Balaban J connectivity index is 0.706. The van der Waals surface area contributed by atoms with E-state index in [4.69, 9.17) is 24.2 Å². The predicted octanol–water partition coefficient (Wildman–Crippen LogP) is 9.99. The van der Waals surface area contributed by atoms with Gasteiger partial charge in [-0.3, -0.25) is 29.4 Å². The molecule has 322 valence electrons. The fraction of sp³-hybridized carbons (Fsp3) is 0.600. The fourth-order valence-electron chi connectivity index (χ4n) is 10.1. The molecule has 0 atom stereocenters. The number of pyridine rings is 2. The maximum atomic E-state index is 13.0. The Morgan fingerprint density at radius 2 is 1.13 bits per heavy atom. The van der Waals surface area contributed by atoms with Gasteiger partial charge in [-0.1, -0.05) is 32.9 Å². The number of likely N-dealkylation sites (tertiary alicyclic amines) is 2. The van der Waals surface area contributed by atoms with Crippen LogP contribution in [0.1, 0.15) is 122 Å². The van der Waals surface area contributed by atoms with Gasteiger partial charge in [0.15, 0.2) is 0 Å². The lowest BCUT2D eigenvalue weighted by atomic mass is 9.72. The van der Waals surface area contributed by atoms with E-state index in [9.17, 15) is 14.7 Å². The number of aromatic nitrogens is 2. The van der Waals surface area contributed by atoms with Crippen LogP contribution < -0.4 is 9.47 Å². The number of piperidine rings is 2. The van der Waals surface area contributed by atoms with E-state index in [1.807, 2.05) is 6.07 Å². The smallest absolute Gasteiger partial charge is 0.309 e. The Hall–Kier alpha value is -4.28. The second-order valence-corrected chi connectivity index (χ2v) is 19.6. The largest absolute Gasteiger partial charge is 0.490 e. The summed E-state index contributed by atoms with van der Waals surface area (Å²) in [6.45, 7) is 12.5. The van der Waals surface area contributed by atoms with Gasteiger partial charge in [-0.2, -0.15) is 0 Å². The van der Waals surface area contributed by atoms with Gasteiger partial charge < -0.3 is 19.3 Å². The van der Waals surface area contributed by atoms with Crippen LogP contribution in [0.15, 0.2) is 60.7 Å². The number of carboxylic acid groups (broad SMARTS) is 1. The van der Waals surface area contributed by atoms with Crippen LogP contribution in [0, 0.1) is 22.7 Å². The zero-order valence-electron chi connectivity index (χ0n) is 36.2. The van der Waals surface area contributed by atoms with Gasteiger partial charge in [-0.05, 0) is 175 Å². The molecule has 0 bridgehead atoms. The quantitative estimate of drug-likeness (QED) is 0.0974. The predicted molar refractivity (Wildman–Crippen MR) is 235 cm³/mol. The molecule has 4 aliphatic rings. The van der Waals surface area contributed by atoms with Crippen molar-refractivity contribution >= 4 is 33.7 Å². The van der Waals surface area contributed by atoms with Crippen molar-refractivity contribution in [1.29, 1.82) is 0 Å². The molecule has 4 aromatic rings. The van der Waals surface area contributed by atoms with Gasteiger partial charge in [0.2, 0.25) is 0 Å². The summed E-state index contributed by atoms with van der Waals surface area (Å²) in [5, 5.41) is 11.5. The normalized spacial score (nSPS) is 23.8. The van der Waals surface area contributed by atoms with E-state index in [1.165, 1.54) is 12.8 Å². The molecule has 2 aromatic heterocycles. The monoisotopic (exact) mass is 818 g/mol. The minimum atomic E-state index is -0.678. The lowest BCUT2D eigenvalue weighted by Gasteiger charge is -2.37. The van der Waals surface area contributed by atoms with Crippen molar-refractivity contribution in [2.75, 3.05) is 32.8 Å². The van der Waals surface area contributed by atoms with Crippen molar-refractivity contribution in [3.8, 4) is 11.5 Å². The van der Waals surface area contributed by atoms with Crippen LogP contribution in [0.25, 0.3) is 21.8 Å². The first-order valence-corrected chi connectivity index (χ1v) is 22.9. The number of rotatable bonds is 14. The van der Waals surface area contributed by atoms with Gasteiger partial charge in [-0.15, -0.1) is 0 Å². The van der Waals surface area contributed by atoms with E-state index in [0.29, 0.717) is 31.0 Å². The van der Waals surface area contributed by atoms with E-state index in [0.717, 1.165) is 148 Å². The first-order valence-electron chi connectivity index (χ1n) is 22.9. The maximum absolute atomic E-state index is 13.0. The molecule has 1 N–H and O–H groups in total. The van der Waals surface area contributed by atoms with Gasteiger partial charge >= 0.3 is 11.9 Å². The van der Waals surface area contributed by atoms with Gasteiger partial charge in [0, 0.05) is 23.9 Å². The molecular weight excluding hydrogens is 753 g/mol. The van der Waals surface area contributed by atoms with Crippen LogP contribution in [0.4, 0.5) is 0 Å². The Morgan fingerprint density at radius 1 is 0.650 bits per heavy atom. The molecule has 0 amide bonds. The number of benzene rings is 2. The molecule has 2 aliphatic carbocycles. The summed E-state index contributed by atoms with van der Waals surface area (Å²) in [5.74, 6) is 0.879. The highest BCUT2D eigenvalue weighted by Crippen LogP contribution is 2.41. The van der Waals surface area contributed by atoms with Crippen LogP contribution in [0.2, 0.25) is 0 Å². The lowest BCUT2D eigenvalue weighted by molar-refractivity contribution is -0.150. The Labute approximate surface area is 356 Å². The molecule has 60 heavy (non-hydrogen) atoms. The SMILES string of the molecule is CC1(C)CCC(Oc2ccc3nc(CN4CCC(C(=O)OCCCC5(C)CCC(Oc6ccc7nc(CN8CCC(C(=O)O)CC8)ccc7c6)CC5)CC4)ccc3c2)CC1. The molecule has 0 radical (unpaired) electrons. The number of hydrogen-bond donors (Lipinski definition) is 1. The van der Waals surface area contributed by atoms with Crippen molar-refractivity contribution in [2.24, 2.45) is 22.7 Å². The van der Waals surface area contributed by atoms with E-state index in [2.05, 4.69) is 85.2 Å². The highest BCUT2D eigenvalue weighted by Gasteiger charge is 2.33. The summed E-state index contributed by atoms with van der Waals surface area (Å²) < 4.78 is 18.7. The molecule has 2 saturated carbocycles. The molecule has 10 nitrogen and oxygen atoms in total. The minimum Gasteiger partial charge on any atom is -0.490 e. The van der Waals surface area contributed by atoms with Gasteiger partial charge in [-0.25, -0.2) is 0 Å². The molecule has 2 aromatic carbocycles. The molecule has 2 saturated heterocycles. The highest BCUT2D eigenvalue weighted by atomic mass is 16.5. The molecular formula is C50H66N4O6. The van der Waals surface area contributed by atoms with Crippen LogP contribution in [0.5, 0.6) is 11.5 Å². The van der Waals surface area contributed by atoms with Crippen LogP contribution >= 0.6 is 0 Å². The Morgan fingerprint density at radius 3 is 1.63 bits per heavy atom. The zero-order valence-corrected chi connectivity index (χ0v) is 36.2. The Kier molecular flexibility index (Phi) is 13.3. The summed E-state index contributed by atoms with van der Waals surface area (Å²) in [5.41, 5.74) is 4.70. The summed E-state index contributed by atoms with van der Waals surface area (Å²) in [6, 6.07) is 21.0. The molecule has 0 unspecified atom stereocenters. The number of ether oxygens (including phenoxy) is 3. The van der Waals surface area contributed by atoms with E-state index in [1.54, 1.807) is 0 Å². The first-order chi connectivity index (χ1) is 28.9. The fourth-order valence-corrected chi connectivity index (χ4v) is 10.1. The lowest BCUT2D eigenvalue weighted by Crippen LogP contribution is -2.36. The standard InChI is InChI=1S/C50H66N4O6/c1-49(2)22-13-41(14-23-49)59-43-9-11-45-37(31-43)6-8-40(52-45)34-54-28-19-36(20-29-54)48(57)58-30-4-21-50(3)24-15-42(16-25-50)60-44-10-12-46-38(32-44)5-7-39(51-46)33-53-26-17-35(18-27-53)47(55)56/h5-12,31-32,35-36,41-42H,4,13-30,33-34H2,1-3H3,(H,55,56). The molecule has 10 heteroatoms. The number of carbonyl (C=O) groups excluding carboxylic acids is 1. The summed E-state index contributed by atoms with van der Waals surface area (Å²) in [6.07, 6.45) is 14.4. The second kappa shape index (κ2) is 18.8. The number of carboxylic acids is 1. The average Bonchev–Trinajstić information content (AvgIpc) is 3.24. The molecule has 8 rings (SSSR count).